The number of hydrogen-bond donors (Lipinski definition) is 1. The van der Waals surface area contributed by atoms with E-state index in [1.807, 2.05) is 0 Å². The highest BCUT2D eigenvalue weighted by Gasteiger charge is 2.27. The van der Waals surface area contributed by atoms with Crippen LogP contribution in [0.25, 0.3) is 0 Å². The number of ketones is 1. The van der Waals surface area contributed by atoms with Gasteiger partial charge in [0.2, 0.25) is 0 Å². The lowest BCUT2D eigenvalue weighted by Crippen LogP contribution is -2.36. The molecule has 1 aromatic carbocycles. The Morgan fingerprint density at radius 2 is 1.88 bits per heavy atom. The van der Waals surface area contributed by atoms with Crippen molar-refractivity contribution in [1.29, 1.82) is 0 Å². The quantitative estimate of drug-likeness (QED) is 0.511. The van der Waals surface area contributed by atoms with E-state index in [0.717, 1.165) is 0 Å². The van der Waals surface area contributed by atoms with Crippen molar-refractivity contribution < 1.29 is 37.0 Å². The molecule has 0 radical (unpaired) electrons. The highest BCUT2D eigenvalue weighted by Crippen LogP contribution is 2.24. The molecule has 0 saturated heterocycles. The Morgan fingerprint density at radius 3 is 2.48 bits per heavy atom. The molecule has 6 nitrogen and oxygen atoms in total. The number of ether oxygens (including phenoxy) is 2. The summed E-state index contributed by atoms with van der Waals surface area (Å²) in [6.07, 6.45) is -5.06. The van der Waals surface area contributed by atoms with Crippen LogP contribution in [0.2, 0.25) is 0 Å². The average Bonchev–Trinajstić information content (AvgIpc) is 2.55. The SMILES string of the molecule is COc1ccc(Br)cc1C(=O)CCC(=O)OCC(=O)NCC(F)(F)F. The maximum absolute atomic E-state index is 12.1. The van der Waals surface area contributed by atoms with Crippen LogP contribution in [0.1, 0.15) is 23.2 Å². The molecule has 0 aliphatic carbocycles. The van der Waals surface area contributed by atoms with Crippen LogP contribution in [0.3, 0.4) is 0 Å². The first-order valence-corrected chi connectivity index (χ1v) is 7.77. The van der Waals surface area contributed by atoms with E-state index in [4.69, 9.17) is 4.74 Å². The number of amides is 1. The number of methoxy groups -OCH3 is 1. The van der Waals surface area contributed by atoms with E-state index < -0.39 is 31.2 Å². The highest BCUT2D eigenvalue weighted by molar-refractivity contribution is 9.10. The van der Waals surface area contributed by atoms with E-state index >= 15 is 0 Å². The number of hydrogen-bond acceptors (Lipinski definition) is 5. The smallest absolute Gasteiger partial charge is 0.405 e. The monoisotopic (exact) mass is 425 g/mol. The summed E-state index contributed by atoms with van der Waals surface area (Å²) in [5, 5.41) is 1.56. The summed E-state index contributed by atoms with van der Waals surface area (Å²) in [5.41, 5.74) is 0.271. The maximum Gasteiger partial charge on any atom is 0.405 e. The first-order valence-electron chi connectivity index (χ1n) is 6.98. The number of alkyl halides is 3. The molecular formula is C15H15BrF3NO5. The van der Waals surface area contributed by atoms with Gasteiger partial charge < -0.3 is 14.8 Å². The van der Waals surface area contributed by atoms with Gasteiger partial charge >= 0.3 is 12.1 Å². The second-order valence-electron chi connectivity index (χ2n) is 4.82. The Balaban J connectivity index is 2.43. The summed E-state index contributed by atoms with van der Waals surface area (Å²) >= 11 is 3.22. The summed E-state index contributed by atoms with van der Waals surface area (Å²) in [4.78, 5) is 34.7. The van der Waals surface area contributed by atoms with Crippen LogP contribution in [0.4, 0.5) is 13.2 Å². The fraction of sp³-hybridized carbons (Fsp3) is 0.400. The Morgan fingerprint density at radius 1 is 1.20 bits per heavy atom. The molecule has 0 atom stereocenters. The lowest BCUT2D eigenvalue weighted by molar-refractivity contribution is -0.151. The average molecular weight is 426 g/mol. The maximum atomic E-state index is 12.1. The predicted molar refractivity (Wildman–Crippen MR) is 84.3 cm³/mol. The predicted octanol–water partition coefficient (Wildman–Crippen LogP) is 2.64. The minimum atomic E-state index is -4.55. The first kappa shape index (κ1) is 20.9. The molecule has 0 bridgehead atoms. The molecule has 0 saturated carbocycles. The van der Waals surface area contributed by atoms with Crippen LogP contribution < -0.4 is 10.1 Å². The first-order chi connectivity index (χ1) is 11.6. The Kier molecular flexibility index (Phi) is 7.88. The zero-order valence-electron chi connectivity index (χ0n) is 13.1. The van der Waals surface area contributed by atoms with Crippen molar-refractivity contribution in [3.63, 3.8) is 0 Å². The number of benzene rings is 1. The molecular weight excluding hydrogens is 411 g/mol. The third kappa shape index (κ3) is 8.01. The molecule has 0 aromatic heterocycles. The van der Waals surface area contributed by atoms with Crippen molar-refractivity contribution >= 4 is 33.6 Å². The molecule has 1 aromatic rings. The molecule has 0 spiro atoms. The largest absolute Gasteiger partial charge is 0.496 e. The van der Waals surface area contributed by atoms with Crippen molar-refractivity contribution in [2.24, 2.45) is 0 Å². The summed E-state index contributed by atoms with van der Waals surface area (Å²) in [7, 11) is 1.40. The summed E-state index contributed by atoms with van der Waals surface area (Å²) in [5.74, 6) is -1.99. The number of rotatable bonds is 8. The van der Waals surface area contributed by atoms with E-state index in [0.29, 0.717) is 10.2 Å². The zero-order chi connectivity index (χ0) is 19.0. The number of nitrogens with one attached hydrogen (secondary N) is 1. The molecule has 1 amide bonds. The number of halogens is 4. The normalized spacial score (nSPS) is 10.9. The van der Waals surface area contributed by atoms with Gasteiger partial charge in [-0.05, 0) is 18.2 Å². The Bertz CT molecular complexity index is 649. The number of esters is 1. The van der Waals surface area contributed by atoms with Gasteiger partial charge in [0.15, 0.2) is 12.4 Å². The van der Waals surface area contributed by atoms with Crippen molar-refractivity contribution in [2.75, 3.05) is 20.3 Å². The molecule has 138 valence electrons. The molecule has 25 heavy (non-hydrogen) atoms. The second kappa shape index (κ2) is 9.40. The summed E-state index contributed by atoms with van der Waals surface area (Å²) < 4.78 is 45.9. The van der Waals surface area contributed by atoms with E-state index in [1.54, 1.807) is 17.4 Å². The van der Waals surface area contributed by atoms with Gasteiger partial charge in [-0.3, -0.25) is 14.4 Å². The van der Waals surface area contributed by atoms with Gasteiger partial charge in [-0.1, -0.05) is 15.9 Å². The minimum Gasteiger partial charge on any atom is -0.496 e. The lowest BCUT2D eigenvalue weighted by atomic mass is 10.1. The summed E-state index contributed by atoms with van der Waals surface area (Å²) in [6, 6.07) is 4.81. The third-order valence-corrected chi connectivity index (χ3v) is 3.36. The van der Waals surface area contributed by atoms with Gasteiger partial charge in [-0.15, -0.1) is 0 Å². The molecule has 0 heterocycles. The zero-order valence-corrected chi connectivity index (χ0v) is 14.7. The minimum absolute atomic E-state index is 0.199. The van der Waals surface area contributed by atoms with Gasteiger partial charge in [0.25, 0.3) is 5.91 Å². The van der Waals surface area contributed by atoms with Crippen LogP contribution in [-0.2, 0) is 14.3 Å². The molecule has 1 rings (SSSR count). The van der Waals surface area contributed by atoms with Gasteiger partial charge in [-0.25, -0.2) is 0 Å². The number of carbonyl (C=O) groups excluding carboxylic acids is 3. The molecule has 0 fully saturated rings. The van der Waals surface area contributed by atoms with Gasteiger partial charge in [-0.2, -0.15) is 13.2 Å². The van der Waals surface area contributed by atoms with Gasteiger partial charge in [0.05, 0.1) is 19.1 Å². The van der Waals surface area contributed by atoms with E-state index in [1.165, 1.54) is 13.2 Å². The van der Waals surface area contributed by atoms with Crippen LogP contribution in [-0.4, -0.2) is 44.1 Å². The van der Waals surface area contributed by atoms with Crippen LogP contribution >= 0.6 is 15.9 Å². The van der Waals surface area contributed by atoms with Crippen molar-refractivity contribution in [1.82, 2.24) is 5.32 Å². The van der Waals surface area contributed by atoms with E-state index in [9.17, 15) is 27.6 Å². The summed E-state index contributed by atoms with van der Waals surface area (Å²) in [6.45, 7) is -2.35. The van der Waals surface area contributed by atoms with E-state index in [-0.39, 0.29) is 24.2 Å². The van der Waals surface area contributed by atoms with Gasteiger partial charge in [0, 0.05) is 10.9 Å². The topological polar surface area (TPSA) is 81.7 Å². The highest BCUT2D eigenvalue weighted by atomic mass is 79.9. The number of carbonyl (C=O) groups is 3. The third-order valence-electron chi connectivity index (χ3n) is 2.87. The van der Waals surface area contributed by atoms with Crippen LogP contribution in [0, 0.1) is 0 Å². The Labute approximate surface area is 149 Å². The molecule has 10 heteroatoms. The Hall–Kier alpha value is -2.10. The van der Waals surface area contributed by atoms with Gasteiger partial charge in [0.1, 0.15) is 12.3 Å². The molecule has 0 aliphatic heterocycles. The van der Waals surface area contributed by atoms with Crippen LogP contribution in [0.15, 0.2) is 22.7 Å². The number of Topliss-reactive ketones (excluding diaryl/α,β-unsaturated/α-hetero) is 1. The lowest BCUT2D eigenvalue weighted by Gasteiger charge is -2.09. The molecule has 0 aliphatic rings. The standard InChI is InChI=1S/C15H15BrF3NO5/c1-24-12-4-2-9(16)6-10(12)11(21)3-5-14(23)25-7-13(22)20-8-15(17,18)19/h2,4,6H,3,5,7-8H2,1H3,(H,20,22). The van der Waals surface area contributed by atoms with Crippen LogP contribution in [0.5, 0.6) is 5.75 Å². The second-order valence-corrected chi connectivity index (χ2v) is 5.74. The van der Waals surface area contributed by atoms with Crippen molar-refractivity contribution in [2.45, 2.75) is 19.0 Å². The fourth-order valence-electron chi connectivity index (χ4n) is 1.72. The molecule has 1 N–H and O–H groups in total. The van der Waals surface area contributed by atoms with Crippen molar-refractivity contribution in [3.05, 3.63) is 28.2 Å². The fourth-order valence-corrected chi connectivity index (χ4v) is 2.08. The van der Waals surface area contributed by atoms with Crippen molar-refractivity contribution in [3.8, 4) is 5.75 Å². The van der Waals surface area contributed by atoms with E-state index in [2.05, 4.69) is 20.7 Å². The molecule has 0 unspecified atom stereocenters.